The Morgan fingerprint density at radius 1 is 1.50 bits per heavy atom. The van der Waals surface area contributed by atoms with Crippen LogP contribution in [-0.4, -0.2) is 9.97 Å². The highest BCUT2D eigenvalue weighted by molar-refractivity contribution is 4.64. The highest BCUT2D eigenvalue weighted by atomic mass is 14.8. The number of H-pyrrole nitrogens is 1. The van der Waals surface area contributed by atoms with Gasteiger partial charge in [-0.2, -0.15) is 0 Å². The van der Waals surface area contributed by atoms with Gasteiger partial charge in [0.1, 0.15) is 0 Å². The molecule has 2 nitrogen and oxygen atoms in total. The van der Waals surface area contributed by atoms with Crippen LogP contribution in [0, 0.1) is 7.43 Å². The molecule has 0 aliphatic heterocycles. The lowest BCUT2D eigenvalue weighted by atomic mass is 11.0. The van der Waals surface area contributed by atoms with Crippen LogP contribution in [0.15, 0.2) is 18.7 Å². The molecule has 1 aromatic heterocycles. The third-order valence-corrected chi connectivity index (χ3v) is 0.406. The molecule has 2 heteroatoms. The van der Waals surface area contributed by atoms with Crippen LogP contribution in [0.1, 0.15) is 0 Å². The van der Waals surface area contributed by atoms with Gasteiger partial charge in [0, 0.05) is 19.8 Å². The van der Waals surface area contributed by atoms with E-state index in [0.717, 1.165) is 0 Å². The fourth-order valence-corrected chi connectivity index (χ4v) is 0.215. The Kier molecular flexibility index (Phi) is 2.13. The largest absolute Gasteiger partial charge is 0.351 e. The monoisotopic (exact) mass is 80.0 g/mol. The van der Waals surface area contributed by atoms with Crippen LogP contribution in [0.5, 0.6) is 0 Å². The summed E-state index contributed by atoms with van der Waals surface area (Å²) in [7, 11) is 0. The number of hydrogen-bond donors (Lipinski definition) is 1. The molecule has 0 atom stereocenters. The van der Waals surface area contributed by atoms with Crippen molar-refractivity contribution >= 4 is 0 Å². The van der Waals surface area contributed by atoms with Crippen LogP contribution >= 0.6 is 0 Å². The van der Waals surface area contributed by atoms with Crippen LogP contribution < -0.4 is 0 Å². The van der Waals surface area contributed by atoms with Gasteiger partial charge >= 0.3 is 0 Å². The summed E-state index contributed by atoms with van der Waals surface area (Å²) in [4.78, 5) is 6.42. The minimum absolute atomic E-state index is 0. The molecule has 0 fully saturated rings. The van der Waals surface area contributed by atoms with Gasteiger partial charge in [0.05, 0.1) is 6.33 Å². The number of aromatic amines is 1. The minimum atomic E-state index is 0. The summed E-state index contributed by atoms with van der Waals surface area (Å²) in [5.74, 6) is 0. The molecule has 30 valence electrons. The standard InChI is InChI=1S/C3H4N2.C/c1-2-5-3-4-1;/h1-3H,(H,4,5);. The first-order valence-corrected chi connectivity index (χ1v) is 1.43. The maximum absolute atomic E-state index is 3.67. The van der Waals surface area contributed by atoms with Crippen LogP contribution in [0.2, 0.25) is 0 Å². The lowest BCUT2D eigenvalue weighted by molar-refractivity contribution is 1.31. The zero-order valence-corrected chi connectivity index (χ0v) is 3.18. The maximum Gasteiger partial charge on any atom is 0.0919 e. The number of aromatic nitrogens is 2. The molecule has 6 heavy (non-hydrogen) atoms. The molecule has 0 spiro atoms. The molecule has 0 aliphatic rings. The van der Waals surface area contributed by atoms with E-state index in [1.165, 1.54) is 0 Å². The lowest BCUT2D eigenvalue weighted by Gasteiger charge is -1.46. The van der Waals surface area contributed by atoms with Crippen LogP contribution in [0.4, 0.5) is 0 Å². The molecule has 0 saturated carbocycles. The van der Waals surface area contributed by atoms with E-state index in [9.17, 15) is 0 Å². The number of rotatable bonds is 0. The van der Waals surface area contributed by atoms with Crippen molar-refractivity contribution in [1.29, 1.82) is 0 Å². The maximum atomic E-state index is 3.67. The second-order valence-electron chi connectivity index (χ2n) is 0.761. The predicted molar refractivity (Wildman–Crippen MR) is 21.8 cm³/mol. The molecule has 1 N–H and O–H groups in total. The van der Waals surface area contributed by atoms with Gasteiger partial charge in [-0.15, -0.1) is 0 Å². The van der Waals surface area contributed by atoms with Gasteiger partial charge in [0.15, 0.2) is 0 Å². The summed E-state index contributed by atoms with van der Waals surface area (Å²) >= 11 is 0. The second kappa shape index (κ2) is 2.45. The zero-order valence-electron chi connectivity index (χ0n) is 3.18. The Bertz CT molecular complexity index is 62.0. The van der Waals surface area contributed by atoms with Crippen molar-refractivity contribution in [2.24, 2.45) is 0 Å². The Morgan fingerprint density at radius 3 is 2.50 bits per heavy atom. The van der Waals surface area contributed by atoms with Crippen LogP contribution in [0.25, 0.3) is 0 Å². The van der Waals surface area contributed by atoms with E-state index in [1.54, 1.807) is 18.7 Å². The summed E-state index contributed by atoms with van der Waals surface area (Å²) < 4.78 is 0. The molecule has 4 radical (unpaired) electrons. The van der Waals surface area contributed by atoms with E-state index >= 15 is 0 Å². The van der Waals surface area contributed by atoms with Crippen molar-refractivity contribution in [3.05, 3.63) is 26.1 Å². The van der Waals surface area contributed by atoms with E-state index in [2.05, 4.69) is 9.97 Å². The average molecular weight is 80.1 g/mol. The Labute approximate surface area is 37.2 Å². The molecule has 0 aromatic carbocycles. The highest BCUT2D eigenvalue weighted by Gasteiger charge is 1.56. The smallest absolute Gasteiger partial charge is 0.0919 e. The van der Waals surface area contributed by atoms with Crippen molar-refractivity contribution in [2.75, 3.05) is 0 Å². The first-order chi connectivity index (χ1) is 2.50. The molecule has 0 unspecified atom stereocenters. The lowest BCUT2D eigenvalue weighted by Crippen LogP contribution is -1.44. The number of hydrogen-bond acceptors (Lipinski definition) is 1. The third-order valence-electron chi connectivity index (χ3n) is 0.406. The quantitative estimate of drug-likeness (QED) is 0.482. The SMILES string of the molecule is [C].c1c[nH]cn1. The molecule has 0 bridgehead atoms. The van der Waals surface area contributed by atoms with Gasteiger partial charge in [0.25, 0.3) is 0 Å². The van der Waals surface area contributed by atoms with Crippen molar-refractivity contribution < 1.29 is 0 Å². The van der Waals surface area contributed by atoms with E-state index in [4.69, 9.17) is 0 Å². The molecule has 1 heterocycles. The Morgan fingerprint density at radius 2 is 2.33 bits per heavy atom. The summed E-state index contributed by atoms with van der Waals surface area (Å²) in [6.07, 6.45) is 5.08. The van der Waals surface area contributed by atoms with E-state index in [1.807, 2.05) is 0 Å². The molecule has 0 amide bonds. The van der Waals surface area contributed by atoms with Gasteiger partial charge < -0.3 is 4.98 Å². The average Bonchev–Trinajstić information content (AvgIpc) is 1.76. The van der Waals surface area contributed by atoms with Crippen molar-refractivity contribution in [1.82, 2.24) is 9.97 Å². The topological polar surface area (TPSA) is 28.7 Å². The number of nitrogens with one attached hydrogen (secondary N) is 1. The first-order valence-electron chi connectivity index (χ1n) is 1.43. The molecule has 0 aliphatic carbocycles. The number of nitrogens with zero attached hydrogens (tertiary/aromatic N) is 1. The molecular weight excluding hydrogens is 76.1 g/mol. The summed E-state index contributed by atoms with van der Waals surface area (Å²) in [6, 6.07) is 0. The second-order valence-corrected chi connectivity index (χ2v) is 0.761. The molecular formula is C4H4N2. The summed E-state index contributed by atoms with van der Waals surface area (Å²) in [5.41, 5.74) is 0. The fraction of sp³-hybridized carbons (Fsp3) is 0. The van der Waals surface area contributed by atoms with Gasteiger partial charge in [0.2, 0.25) is 0 Å². The summed E-state index contributed by atoms with van der Waals surface area (Å²) in [5, 5.41) is 0. The third kappa shape index (κ3) is 0.885. The predicted octanol–water partition coefficient (Wildman–Crippen LogP) is 0.491. The van der Waals surface area contributed by atoms with Gasteiger partial charge in [-0.1, -0.05) is 0 Å². The minimum Gasteiger partial charge on any atom is -0.351 e. The molecule has 1 aromatic rings. The van der Waals surface area contributed by atoms with Gasteiger partial charge in [-0.25, -0.2) is 4.98 Å². The van der Waals surface area contributed by atoms with Crippen molar-refractivity contribution in [3.63, 3.8) is 0 Å². The van der Waals surface area contributed by atoms with Gasteiger partial charge in [-0.05, 0) is 0 Å². The van der Waals surface area contributed by atoms with Crippen LogP contribution in [0.3, 0.4) is 0 Å². The van der Waals surface area contributed by atoms with E-state index < -0.39 is 0 Å². The Balaban J connectivity index is 0.000000250. The van der Waals surface area contributed by atoms with Gasteiger partial charge in [-0.3, -0.25) is 0 Å². The summed E-state index contributed by atoms with van der Waals surface area (Å²) in [6.45, 7) is 0. The van der Waals surface area contributed by atoms with Crippen LogP contribution in [-0.2, 0) is 0 Å². The Hall–Kier alpha value is -0.790. The first kappa shape index (κ1) is 5.21. The van der Waals surface area contributed by atoms with Crippen molar-refractivity contribution in [2.45, 2.75) is 0 Å². The highest BCUT2D eigenvalue weighted by Crippen LogP contribution is 1.62. The fourth-order valence-electron chi connectivity index (χ4n) is 0.215. The normalized spacial score (nSPS) is 6.67. The van der Waals surface area contributed by atoms with E-state index in [-0.39, 0.29) is 7.43 Å². The van der Waals surface area contributed by atoms with Crippen molar-refractivity contribution in [3.8, 4) is 0 Å². The zero-order chi connectivity index (χ0) is 3.54. The molecule has 0 saturated heterocycles. The van der Waals surface area contributed by atoms with E-state index in [0.29, 0.717) is 0 Å². The number of imidazole rings is 1. The molecule has 1 rings (SSSR count).